The van der Waals surface area contributed by atoms with Crippen LogP contribution in [0.1, 0.15) is 75.0 Å². The second-order valence-electron chi connectivity index (χ2n) is 11.8. The molecular formula is C32H43NO8. The average Bonchev–Trinajstić information content (AvgIpc) is 2.89. The smallest absolute Gasteiger partial charge is 0.410 e. The third-order valence-corrected chi connectivity index (χ3v) is 6.01. The Balaban J connectivity index is 2.50. The molecule has 2 aromatic rings. The van der Waals surface area contributed by atoms with Gasteiger partial charge in [0.2, 0.25) is 0 Å². The second-order valence-corrected chi connectivity index (χ2v) is 11.8. The fourth-order valence-corrected chi connectivity index (χ4v) is 4.07. The van der Waals surface area contributed by atoms with Crippen molar-refractivity contribution in [1.82, 2.24) is 4.90 Å². The Morgan fingerprint density at radius 2 is 1.44 bits per heavy atom. The van der Waals surface area contributed by atoms with Gasteiger partial charge in [0.25, 0.3) is 0 Å². The molecule has 1 unspecified atom stereocenters. The predicted molar refractivity (Wildman–Crippen MR) is 154 cm³/mol. The van der Waals surface area contributed by atoms with Crippen molar-refractivity contribution in [2.75, 3.05) is 20.8 Å². The molecule has 0 heterocycles. The number of rotatable bonds is 11. The van der Waals surface area contributed by atoms with Gasteiger partial charge < -0.3 is 23.8 Å². The van der Waals surface area contributed by atoms with Crippen molar-refractivity contribution in [2.45, 2.75) is 78.6 Å². The highest BCUT2D eigenvalue weighted by molar-refractivity contribution is 5.90. The van der Waals surface area contributed by atoms with Crippen LogP contribution in [0.15, 0.2) is 48.5 Å². The number of benzene rings is 2. The predicted octanol–water partition coefficient (Wildman–Crippen LogP) is 5.52. The van der Waals surface area contributed by atoms with E-state index in [2.05, 4.69) is 0 Å². The molecule has 2 aromatic carbocycles. The topological polar surface area (TPSA) is 108 Å². The van der Waals surface area contributed by atoms with Crippen molar-refractivity contribution >= 4 is 24.0 Å². The third kappa shape index (κ3) is 11.6. The highest BCUT2D eigenvalue weighted by Crippen LogP contribution is 2.24. The minimum absolute atomic E-state index is 0.0780. The monoisotopic (exact) mass is 569 g/mol. The maximum atomic E-state index is 13.3. The molecule has 9 heteroatoms. The fraction of sp³-hybridized carbons (Fsp3) is 0.500. The van der Waals surface area contributed by atoms with Gasteiger partial charge >= 0.3 is 24.0 Å². The summed E-state index contributed by atoms with van der Waals surface area (Å²) >= 11 is 0. The van der Waals surface area contributed by atoms with E-state index in [0.29, 0.717) is 24.1 Å². The van der Waals surface area contributed by atoms with E-state index >= 15 is 0 Å². The standard InChI is InChI=1S/C32H43NO8/c1-31(2,3)40-29(36)23-14-15-24(25(18-23)19-26(28(35)39-8)20-27(34)38-7)21-33(30(37)41-32(4,5)6)17-16-22-12-10-9-11-13-22/h9-15,18,26H,16-17,19-21H2,1-8H3. The van der Waals surface area contributed by atoms with E-state index < -0.39 is 41.1 Å². The molecular weight excluding hydrogens is 526 g/mol. The van der Waals surface area contributed by atoms with Gasteiger partial charge in [-0.25, -0.2) is 9.59 Å². The summed E-state index contributed by atoms with van der Waals surface area (Å²) < 4.78 is 21.0. The van der Waals surface area contributed by atoms with Gasteiger partial charge in [0.1, 0.15) is 11.2 Å². The Hall–Kier alpha value is -3.88. The highest BCUT2D eigenvalue weighted by atomic mass is 16.6. The zero-order valence-corrected chi connectivity index (χ0v) is 25.4. The van der Waals surface area contributed by atoms with Crippen molar-refractivity contribution in [3.63, 3.8) is 0 Å². The Morgan fingerprint density at radius 1 is 0.805 bits per heavy atom. The van der Waals surface area contributed by atoms with Crippen LogP contribution >= 0.6 is 0 Å². The van der Waals surface area contributed by atoms with Crippen LogP contribution in [0.2, 0.25) is 0 Å². The lowest BCUT2D eigenvalue weighted by Gasteiger charge is -2.28. The van der Waals surface area contributed by atoms with Gasteiger partial charge in [0.05, 0.1) is 32.1 Å². The van der Waals surface area contributed by atoms with Gasteiger partial charge in [0.15, 0.2) is 0 Å². The molecule has 0 aliphatic heterocycles. The summed E-state index contributed by atoms with van der Waals surface area (Å²) in [4.78, 5) is 52.5. The zero-order valence-electron chi connectivity index (χ0n) is 25.4. The van der Waals surface area contributed by atoms with Gasteiger partial charge in [-0.15, -0.1) is 0 Å². The minimum atomic E-state index is -0.862. The zero-order chi connectivity index (χ0) is 30.8. The molecule has 224 valence electrons. The van der Waals surface area contributed by atoms with Gasteiger partial charge in [-0.3, -0.25) is 9.59 Å². The first kappa shape index (κ1) is 33.3. The van der Waals surface area contributed by atoms with Crippen molar-refractivity contribution in [3.8, 4) is 0 Å². The number of hydrogen-bond donors (Lipinski definition) is 0. The number of nitrogens with zero attached hydrogens (tertiary/aromatic N) is 1. The molecule has 0 bridgehead atoms. The molecule has 1 amide bonds. The Labute approximate surface area is 243 Å². The number of amides is 1. The van der Waals surface area contributed by atoms with E-state index in [1.54, 1.807) is 64.6 Å². The molecule has 1 atom stereocenters. The molecule has 2 rings (SSSR count). The second kappa shape index (κ2) is 14.7. The largest absolute Gasteiger partial charge is 0.469 e. The lowest BCUT2D eigenvalue weighted by atomic mass is 9.91. The van der Waals surface area contributed by atoms with Crippen LogP contribution in [-0.4, -0.2) is 60.9 Å². The fourth-order valence-electron chi connectivity index (χ4n) is 4.07. The number of methoxy groups -OCH3 is 2. The van der Waals surface area contributed by atoms with E-state index in [1.807, 2.05) is 30.3 Å². The van der Waals surface area contributed by atoms with Crippen molar-refractivity contribution in [1.29, 1.82) is 0 Å². The van der Waals surface area contributed by atoms with Gasteiger partial charge in [0, 0.05) is 13.1 Å². The summed E-state index contributed by atoms with van der Waals surface area (Å²) in [6, 6.07) is 14.8. The van der Waals surface area contributed by atoms with Crippen molar-refractivity contribution in [2.24, 2.45) is 5.92 Å². The first-order valence-electron chi connectivity index (χ1n) is 13.6. The Morgan fingerprint density at radius 3 is 2.00 bits per heavy atom. The molecule has 0 radical (unpaired) electrons. The summed E-state index contributed by atoms with van der Waals surface area (Å²) in [7, 11) is 2.50. The number of carbonyl (C=O) groups is 4. The van der Waals surface area contributed by atoms with Crippen LogP contribution in [0.4, 0.5) is 4.79 Å². The normalized spacial score (nSPS) is 12.2. The average molecular weight is 570 g/mol. The van der Waals surface area contributed by atoms with Gasteiger partial charge in [-0.2, -0.15) is 0 Å². The quantitative estimate of drug-likeness (QED) is 0.257. The van der Waals surface area contributed by atoms with E-state index in [4.69, 9.17) is 18.9 Å². The summed E-state index contributed by atoms with van der Waals surface area (Å²) in [6.07, 6.45) is -0.0226. The van der Waals surface area contributed by atoms with Gasteiger partial charge in [-0.1, -0.05) is 36.4 Å². The van der Waals surface area contributed by atoms with Gasteiger partial charge in [-0.05, 0) is 83.2 Å². The van der Waals surface area contributed by atoms with Crippen molar-refractivity contribution < 1.29 is 38.1 Å². The molecule has 0 saturated heterocycles. The van der Waals surface area contributed by atoms with Crippen LogP contribution in [0, 0.1) is 5.92 Å². The summed E-state index contributed by atoms with van der Waals surface area (Å²) in [5.74, 6) is -2.54. The van der Waals surface area contributed by atoms with E-state index in [0.717, 1.165) is 5.56 Å². The molecule has 41 heavy (non-hydrogen) atoms. The first-order valence-corrected chi connectivity index (χ1v) is 13.6. The first-order chi connectivity index (χ1) is 19.1. The molecule has 0 saturated carbocycles. The molecule has 0 aromatic heterocycles. The minimum Gasteiger partial charge on any atom is -0.469 e. The Bertz CT molecular complexity index is 1190. The summed E-state index contributed by atoms with van der Waals surface area (Å²) in [5.41, 5.74) is 1.22. The van der Waals surface area contributed by atoms with Crippen LogP contribution in [0.3, 0.4) is 0 Å². The Kier molecular flexibility index (Phi) is 11.9. The molecule has 0 fully saturated rings. The van der Waals surface area contributed by atoms with E-state index in [-0.39, 0.29) is 24.9 Å². The van der Waals surface area contributed by atoms with E-state index in [9.17, 15) is 19.2 Å². The van der Waals surface area contributed by atoms with Crippen LogP contribution in [0.25, 0.3) is 0 Å². The van der Waals surface area contributed by atoms with Crippen LogP contribution in [-0.2, 0) is 47.9 Å². The molecule has 0 aliphatic carbocycles. The molecule has 0 N–H and O–H groups in total. The number of carbonyl (C=O) groups excluding carboxylic acids is 4. The lowest BCUT2D eigenvalue weighted by Crippen LogP contribution is -2.38. The SMILES string of the molecule is COC(=O)CC(Cc1cc(C(=O)OC(C)(C)C)ccc1CN(CCc1ccccc1)C(=O)OC(C)(C)C)C(=O)OC. The molecule has 9 nitrogen and oxygen atoms in total. The van der Waals surface area contributed by atoms with Crippen LogP contribution in [0.5, 0.6) is 0 Å². The lowest BCUT2D eigenvalue weighted by molar-refractivity contribution is -0.152. The maximum absolute atomic E-state index is 13.3. The molecule has 0 aliphatic rings. The number of esters is 3. The molecule has 0 spiro atoms. The summed E-state index contributed by atoms with van der Waals surface area (Å²) in [5, 5.41) is 0. The maximum Gasteiger partial charge on any atom is 0.410 e. The highest BCUT2D eigenvalue weighted by Gasteiger charge is 2.28. The van der Waals surface area contributed by atoms with Crippen molar-refractivity contribution in [3.05, 3.63) is 70.8 Å². The van der Waals surface area contributed by atoms with Crippen LogP contribution < -0.4 is 0 Å². The summed E-state index contributed by atoms with van der Waals surface area (Å²) in [6.45, 7) is 11.2. The number of ether oxygens (including phenoxy) is 4. The number of hydrogen-bond acceptors (Lipinski definition) is 8. The third-order valence-electron chi connectivity index (χ3n) is 6.01. The van der Waals surface area contributed by atoms with E-state index in [1.165, 1.54) is 14.2 Å².